The maximum atomic E-state index is 14.0. The van der Waals surface area contributed by atoms with E-state index in [1.807, 2.05) is 0 Å². The zero-order chi connectivity index (χ0) is 14.4. The summed E-state index contributed by atoms with van der Waals surface area (Å²) in [5.41, 5.74) is -2.01. The number of benzene rings is 1. The van der Waals surface area contributed by atoms with Crippen LogP contribution in [-0.4, -0.2) is 23.0 Å². The zero-order valence-corrected chi connectivity index (χ0v) is 9.05. The van der Waals surface area contributed by atoms with Crippen molar-refractivity contribution < 1.29 is 31.9 Å². The van der Waals surface area contributed by atoms with Gasteiger partial charge in [0.05, 0.1) is 0 Å². The highest BCUT2D eigenvalue weighted by Gasteiger charge is 2.62. The van der Waals surface area contributed by atoms with Crippen molar-refractivity contribution in [3.05, 3.63) is 35.2 Å². The highest BCUT2D eigenvalue weighted by Crippen LogP contribution is 2.44. The molecular formula is C11H6F5NO2. The summed E-state index contributed by atoms with van der Waals surface area (Å²) in [6, 6.07) is 2.64. The van der Waals surface area contributed by atoms with Crippen LogP contribution in [0, 0.1) is 5.82 Å². The number of aliphatic carboxylic acids is 1. The van der Waals surface area contributed by atoms with Crippen molar-refractivity contribution in [1.82, 2.24) is 0 Å². The molecule has 102 valence electrons. The monoisotopic (exact) mass is 279 g/mol. The van der Waals surface area contributed by atoms with Crippen LogP contribution in [0.15, 0.2) is 23.8 Å². The van der Waals surface area contributed by atoms with E-state index in [0.717, 1.165) is 12.1 Å². The average molecular weight is 279 g/mol. The minimum atomic E-state index is -5.50. The maximum Gasteiger partial charge on any atom is 0.446 e. The third kappa shape index (κ3) is 2.02. The van der Waals surface area contributed by atoms with Crippen LogP contribution < -0.4 is 5.32 Å². The van der Waals surface area contributed by atoms with Crippen LogP contribution in [0.4, 0.5) is 27.6 Å². The number of alkyl halides is 4. The van der Waals surface area contributed by atoms with Gasteiger partial charge in [-0.1, -0.05) is 0 Å². The number of fused-ring (bicyclic) bond motifs is 1. The quantitative estimate of drug-likeness (QED) is 0.614. The number of hydrogen-bond acceptors (Lipinski definition) is 2. The van der Waals surface area contributed by atoms with E-state index in [4.69, 9.17) is 5.11 Å². The Morgan fingerprint density at radius 2 is 1.95 bits per heavy atom. The number of nitrogens with one attached hydrogen (secondary N) is 1. The van der Waals surface area contributed by atoms with Crippen LogP contribution in [0.25, 0.3) is 6.08 Å². The Hall–Kier alpha value is -2.12. The Labute approximate surface area is 103 Å². The van der Waals surface area contributed by atoms with Crippen LogP contribution in [0.2, 0.25) is 0 Å². The maximum absolute atomic E-state index is 14.0. The van der Waals surface area contributed by atoms with Crippen LogP contribution in [-0.2, 0) is 4.79 Å². The van der Waals surface area contributed by atoms with Gasteiger partial charge in [0.25, 0.3) is 0 Å². The van der Waals surface area contributed by atoms with Gasteiger partial charge in [0.15, 0.2) is 0 Å². The molecule has 19 heavy (non-hydrogen) atoms. The smallest absolute Gasteiger partial charge is 0.446 e. The van der Waals surface area contributed by atoms with E-state index in [1.54, 1.807) is 0 Å². The minimum absolute atomic E-state index is 0.0451. The van der Waals surface area contributed by atoms with Gasteiger partial charge in [-0.15, -0.1) is 0 Å². The first-order chi connectivity index (χ1) is 8.65. The third-order valence-corrected chi connectivity index (χ3v) is 2.61. The summed E-state index contributed by atoms with van der Waals surface area (Å²) in [7, 11) is 0. The first-order valence-electron chi connectivity index (χ1n) is 4.94. The Balaban J connectivity index is 2.65. The van der Waals surface area contributed by atoms with E-state index in [0.29, 0.717) is 12.1 Å². The van der Waals surface area contributed by atoms with Gasteiger partial charge in [0.1, 0.15) is 11.4 Å². The summed E-state index contributed by atoms with van der Waals surface area (Å²) in [5, 5.41) is 10.1. The molecular weight excluding hydrogens is 273 g/mol. The summed E-state index contributed by atoms with van der Waals surface area (Å²) >= 11 is 0. The molecule has 2 rings (SSSR count). The number of carbonyl (C=O) groups is 1. The van der Waals surface area contributed by atoms with Crippen molar-refractivity contribution in [2.45, 2.75) is 12.0 Å². The number of carboxylic acid groups (broad SMARTS) is 1. The van der Waals surface area contributed by atoms with Crippen molar-refractivity contribution in [2.24, 2.45) is 0 Å². The Bertz CT molecular complexity index is 581. The van der Waals surface area contributed by atoms with E-state index in [9.17, 15) is 26.7 Å². The first kappa shape index (κ1) is 13.3. The first-order valence-corrected chi connectivity index (χ1v) is 4.94. The van der Waals surface area contributed by atoms with Crippen molar-refractivity contribution in [3.63, 3.8) is 0 Å². The molecule has 0 radical (unpaired) electrons. The summed E-state index contributed by atoms with van der Waals surface area (Å²) in [6.45, 7) is 0. The lowest BCUT2D eigenvalue weighted by molar-refractivity contribution is -0.208. The fourth-order valence-electron chi connectivity index (χ4n) is 1.70. The molecule has 2 N–H and O–H groups in total. The SMILES string of the molecule is O=C(O)C1=Cc2ccc(F)cc2NC1(F)C(F)(F)F. The van der Waals surface area contributed by atoms with E-state index in [-0.39, 0.29) is 5.56 Å². The van der Waals surface area contributed by atoms with Gasteiger partial charge in [0.2, 0.25) is 0 Å². The summed E-state index contributed by atoms with van der Waals surface area (Å²) in [6.07, 6.45) is -4.97. The molecule has 0 saturated carbocycles. The second-order valence-corrected chi connectivity index (χ2v) is 3.88. The standard InChI is InChI=1S/C11H6F5NO2/c12-6-2-1-5-3-7(9(18)19)10(13,11(14,15)16)17-8(5)4-6/h1-4,17H,(H,18,19). The van der Waals surface area contributed by atoms with E-state index >= 15 is 0 Å². The van der Waals surface area contributed by atoms with Crippen molar-refractivity contribution in [1.29, 1.82) is 0 Å². The highest BCUT2D eigenvalue weighted by atomic mass is 19.4. The van der Waals surface area contributed by atoms with E-state index in [2.05, 4.69) is 0 Å². The molecule has 0 amide bonds. The predicted molar refractivity (Wildman–Crippen MR) is 55.5 cm³/mol. The normalized spacial score (nSPS) is 22.3. The molecule has 0 saturated heterocycles. The lowest BCUT2D eigenvalue weighted by Gasteiger charge is -2.33. The van der Waals surface area contributed by atoms with Crippen LogP contribution in [0.5, 0.6) is 0 Å². The Kier molecular flexibility index (Phi) is 2.76. The molecule has 0 aliphatic carbocycles. The molecule has 0 aromatic heterocycles. The largest absolute Gasteiger partial charge is 0.478 e. The molecule has 0 spiro atoms. The summed E-state index contributed by atoms with van der Waals surface area (Å²) in [5.74, 6) is -7.19. The molecule has 1 aliphatic heterocycles. The zero-order valence-electron chi connectivity index (χ0n) is 9.05. The molecule has 1 unspecified atom stereocenters. The lowest BCUT2D eigenvalue weighted by Crippen LogP contribution is -2.52. The predicted octanol–water partition coefficient (Wildman–Crippen LogP) is 2.95. The second kappa shape index (κ2) is 3.94. The van der Waals surface area contributed by atoms with Crippen molar-refractivity contribution >= 4 is 17.7 Å². The van der Waals surface area contributed by atoms with E-state index < -0.39 is 35.0 Å². The van der Waals surface area contributed by atoms with Crippen molar-refractivity contribution in [3.8, 4) is 0 Å². The Morgan fingerprint density at radius 1 is 1.32 bits per heavy atom. The fraction of sp³-hybridized carbons (Fsp3) is 0.182. The van der Waals surface area contributed by atoms with Gasteiger partial charge in [-0.25, -0.2) is 13.6 Å². The number of carboxylic acids is 1. The van der Waals surface area contributed by atoms with Gasteiger partial charge < -0.3 is 10.4 Å². The molecule has 8 heteroatoms. The number of halogens is 5. The molecule has 1 atom stereocenters. The van der Waals surface area contributed by atoms with Gasteiger partial charge >= 0.3 is 17.9 Å². The Morgan fingerprint density at radius 3 is 2.47 bits per heavy atom. The minimum Gasteiger partial charge on any atom is -0.478 e. The number of hydrogen-bond donors (Lipinski definition) is 2. The van der Waals surface area contributed by atoms with Gasteiger partial charge in [-0.2, -0.15) is 13.2 Å². The van der Waals surface area contributed by atoms with E-state index in [1.165, 1.54) is 5.32 Å². The van der Waals surface area contributed by atoms with Crippen LogP contribution in [0.3, 0.4) is 0 Å². The number of anilines is 1. The average Bonchev–Trinajstić information content (AvgIpc) is 2.25. The third-order valence-electron chi connectivity index (χ3n) is 2.61. The summed E-state index contributed by atoms with van der Waals surface area (Å²) < 4.78 is 65.0. The molecule has 0 bridgehead atoms. The van der Waals surface area contributed by atoms with Crippen LogP contribution >= 0.6 is 0 Å². The molecule has 1 aromatic rings. The molecule has 1 aromatic carbocycles. The molecule has 3 nitrogen and oxygen atoms in total. The van der Waals surface area contributed by atoms with Crippen molar-refractivity contribution in [2.75, 3.05) is 5.32 Å². The van der Waals surface area contributed by atoms with Gasteiger partial charge in [0, 0.05) is 5.69 Å². The second-order valence-electron chi connectivity index (χ2n) is 3.88. The van der Waals surface area contributed by atoms with Gasteiger partial charge in [-0.3, -0.25) is 0 Å². The lowest BCUT2D eigenvalue weighted by atomic mass is 9.95. The molecule has 0 fully saturated rings. The fourth-order valence-corrected chi connectivity index (χ4v) is 1.70. The van der Waals surface area contributed by atoms with Crippen LogP contribution in [0.1, 0.15) is 5.56 Å². The summed E-state index contributed by atoms with van der Waals surface area (Å²) in [4.78, 5) is 10.8. The highest BCUT2D eigenvalue weighted by molar-refractivity contribution is 5.98. The molecule has 1 aliphatic rings. The number of rotatable bonds is 1. The topological polar surface area (TPSA) is 49.3 Å². The van der Waals surface area contributed by atoms with Gasteiger partial charge in [-0.05, 0) is 29.8 Å². The molecule has 1 heterocycles.